The Morgan fingerprint density at radius 1 is 1.05 bits per heavy atom. The van der Waals surface area contributed by atoms with Crippen LogP contribution in [0.25, 0.3) is 0 Å². The molecule has 0 aliphatic carbocycles. The number of anilines is 2. The van der Waals surface area contributed by atoms with Gasteiger partial charge in [-0.05, 0) is 36.4 Å². The van der Waals surface area contributed by atoms with Gasteiger partial charge in [-0.15, -0.1) is 0 Å². The molecule has 0 heterocycles. The molecule has 0 aliphatic rings. The minimum absolute atomic E-state index is 0.0825. The molecule has 0 radical (unpaired) electrons. The molecule has 0 saturated carbocycles. The van der Waals surface area contributed by atoms with Gasteiger partial charge in [-0.1, -0.05) is 17.7 Å². The minimum Gasteiger partial charge on any atom is -0.506 e. The van der Waals surface area contributed by atoms with Crippen LogP contribution in [-0.4, -0.2) is 16.9 Å². The normalized spacial score (nSPS) is 10.0. The molecule has 2 rings (SSSR count). The lowest BCUT2D eigenvalue weighted by atomic mass is 10.2. The highest BCUT2D eigenvalue weighted by Crippen LogP contribution is 2.24. The molecular weight excluding hydrogens is 292 g/mol. The summed E-state index contributed by atoms with van der Waals surface area (Å²) in [6.45, 7) is 1.41. The van der Waals surface area contributed by atoms with Gasteiger partial charge in [0.2, 0.25) is 5.91 Å². The van der Waals surface area contributed by atoms with Crippen molar-refractivity contribution in [1.29, 1.82) is 0 Å². The summed E-state index contributed by atoms with van der Waals surface area (Å²) in [5, 5.41) is 14.8. The first-order valence-electron chi connectivity index (χ1n) is 6.13. The maximum atomic E-state index is 12.1. The Bertz CT molecular complexity index is 701. The lowest BCUT2D eigenvalue weighted by Gasteiger charge is -2.08. The van der Waals surface area contributed by atoms with Gasteiger partial charge in [0.05, 0.1) is 5.02 Å². The molecule has 108 valence electrons. The van der Waals surface area contributed by atoms with Crippen molar-refractivity contribution in [2.24, 2.45) is 0 Å². The average molecular weight is 305 g/mol. The van der Waals surface area contributed by atoms with E-state index in [2.05, 4.69) is 10.6 Å². The first-order chi connectivity index (χ1) is 9.95. The second-order valence-electron chi connectivity index (χ2n) is 4.38. The van der Waals surface area contributed by atoms with Crippen LogP contribution in [0.1, 0.15) is 17.3 Å². The molecule has 0 saturated heterocycles. The number of rotatable bonds is 3. The van der Waals surface area contributed by atoms with Gasteiger partial charge in [0.15, 0.2) is 0 Å². The number of benzene rings is 2. The topological polar surface area (TPSA) is 78.4 Å². The van der Waals surface area contributed by atoms with E-state index >= 15 is 0 Å². The molecule has 2 aromatic rings. The number of phenolic OH excluding ortho intramolecular Hbond substituents is 1. The van der Waals surface area contributed by atoms with Crippen molar-refractivity contribution >= 4 is 34.8 Å². The summed E-state index contributed by atoms with van der Waals surface area (Å²) < 4.78 is 0. The van der Waals surface area contributed by atoms with Crippen molar-refractivity contribution in [1.82, 2.24) is 0 Å². The van der Waals surface area contributed by atoms with Crippen molar-refractivity contribution < 1.29 is 14.7 Å². The summed E-state index contributed by atoms with van der Waals surface area (Å²) in [4.78, 5) is 23.1. The van der Waals surface area contributed by atoms with E-state index in [0.29, 0.717) is 16.9 Å². The summed E-state index contributed by atoms with van der Waals surface area (Å²) in [7, 11) is 0. The van der Waals surface area contributed by atoms with Crippen LogP contribution >= 0.6 is 11.6 Å². The van der Waals surface area contributed by atoms with Crippen LogP contribution in [0.2, 0.25) is 5.02 Å². The van der Waals surface area contributed by atoms with Crippen LogP contribution in [0, 0.1) is 0 Å². The van der Waals surface area contributed by atoms with Gasteiger partial charge in [0, 0.05) is 23.9 Å². The molecule has 2 amide bonds. The number of aromatic hydroxyl groups is 1. The molecule has 5 nitrogen and oxygen atoms in total. The monoisotopic (exact) mass is 304 g/mol. The van der Waals surface area contributed by atoms with Crippen LogP contribution in [0.4, 0.5) is 11.4 Å². The van der Waals surface area contributed by atoms with Gasteiger partial charge in [0.1, 0.15) is 5.75 Å². The molecular formula is C15H13ClN2O3. The fourth-order valence-electron chi connectivity index (χ4n) is 1.73. The summed E-state index contributed by atoms with van der Waals surface area (Å²) in [5.41, 5.74) is 1.45. The molecule has 0 unspecified atom stereocenters. The zero-order chi connectivity index (χ0) is 15.4. The molecule has 6 heteroatoms. The van der Waals surface area contributed by atoms with Gasteiger partial charge >= 0.3 is 0 Å². The van der Waals surface area contributed by atoms with Gasteiger partial charge in [-0.2, -0.15) is 0 Å². The number of hydrogen-bond acceptors (Lipinski definition) is 3. The van der Waals surface area contributed by atoms with Gasteiger partial charge < -0.3 is 15.7 Å². The smallest absolute Gasteiger partial charge is 0.255 e. The van der Waals surface area contributed by atoms with E-state index < -0.39 is 0 Å². The largest absolute Gasteiger partial charge is 0.506 e. The fraction of sp³-hybridized carbons (Fsp3) is 0.0667. The molecule has 0 spiro atoms. The summed E-state index contributed by atoms with van der Waals surface area (Å²) in [6, 6.07) is 11.0. The standard InChI is InChI=1S/C15H13ClN2O3/c1-9(19)17-11-3-2-4-12(8-11)18-15(21)10-5-6-14(20)13(16)7-10/h2-8,20H,1H3,(H,17,19)(H,18,21). The summed E-state index contributed by atoms with van der Waals surface area (Å²) in [6.07, 6.45) is 0. The summed E-state index contributed by atoms with van der Waals surface area (Å²) >= 11 is 5.77. The number of phenols is 1. The number of carbonyl (C=O) groups is 2. The quantitative estimate of drug-likeness (QED) is 0.814. The highest BCUT2D eigenvalue weighted by Gasteiger charge is 2.09. The van der Waals surface area contributed by atoms with Gasteiger partial charge in [-0.25, -0.2) is 0 Å². The van der Waals surface area contributed by atoms with E-state index in [4.69, 9.17) is 11.6 Å². The molecule has 0 fully saturated rings. The number of hydrogen-bond donors (Lipinski definition) is 3. The Kier molecular flexibility index (Phi) is 4.45. The van der Waals surface area contributed by atoms with Crippen LogP contribution in [0.3, 0.4) is 0 Å². The Hall–Kier alpha value is -2.53. The fourth-order valence-corrected chi connectivity index (χ4v) is 1.91. The van der Waals surface area contributed by atoms with Crippen molar-refractivity contribution in [2.45, 2.75) is 6.92 Å². The molecule has 3 N–H and O–H groups in total. The maximum Gasteiger partial charge on any atom is 0.255 e. The van der Waals surface area contributed by atoms with Crippen LogP contribution < -0.4 is 10.6 Å². The minimum atomic E-state index is -0.364. The molecule has 0 bridgehead atoms. The SMILES string of the molecule is CC(=O)Nc1cccc(NC(=O)c2ccc(O)c(Cl)c2)c1. The third kappa shape index (κ3) is 3.97. The lowest BCUT2D eigenvalue weighted by Crippen LogP contribution is -2.12. The van der Waals surface area contributed by atoms with Crippen molar-refractivity contribution in [2.75, 3.05) is 10.6 Å². The van der Waals surface area contributed by atoms with E-state index in [9.17, 15) is 14.7 Å². The Morgan fingerprint density at radius 2 is 1.71 bits per heavy atom. The zero-order valence-corrected chi connectivity index (χ0v) is 11.9. The molecule has 2 aromatic carbocycles. The van der Waals surface area contributed by atoms with Gasteiger partial charge in [-0.3, -0.25) is 9.59 Å². The third-order valence-electron chi connectivity index (χ3n) is 2.65. The highest BCUT2D eigenvalue weighted by molar-refractivity contribution is 6.32. The van der Waals surface area contributed by atoms with Crippen LogP contribution in [0.15, 0.2) is 42.5 Å². The highest BCUT2D eigenvalue weighted by atomic mass is 35.5. The molecule has 0 atom stereocenters. The summed E-state index contributed by atoms with van der Waals surface area (Å²) in [5.74, 6) is -0.637. The van der Waals surface area contributed by atoms with Crippen LogP contribution in [0.5, 0.6) is 5.75 Å². The van der Waals surface area contributed by atoms with E-state index in [1.165, 1.54) is 25.1 Å². The van der Waals surface area contributed by atoms with Gasteiger partial charge in [0.25, 0.3) is 5.91 Å². The van der Waals surface area contributed by atoms with Crippen molar-refractivity contribution in [3.05, 3.63) is 53.1 Å². The van der Waals surface area contributed by atoms with E-state index in [0.717, 1.165) is 0 Å². The predicted molar refractivity (Wildman–Crippen MR) is 81.8 cm³/mol. The average Bonchev–Trinajstić information content (AvgIpc) is 2.41. The van der Waals surface area contributed by atoms with E-state index in [1.807, 2.05) is 0 Å². The first kappa shape index (κ1) is 14.9. The maximum absolute atomic E-state index is 12.1. The molecule has 0 aliphatic heterocycles. The van der Waals surface area contributed by atoms with Crippen molar-refractivity contribution in [3.8, 4) is 5.75 Å². The second-order valence-corrected chi connectivity index (χ2v) is 4.79. The third-order valence-corrected chi connectivity index (χ3v) is 2.95. The number of amides is 2. The van der Waals surface area contributed by atoms with E-state index in [-0.39, 0.29) is 22.6 Å². The number of carbonyl (C=O) groups excluding carboxylic acids is 2. The Balaban J connectivity index is 2.15. The van der Waals surface area contributed by atoms with Crippen molar-refractivity contribution in [3.63, 3.8) is 0 Å². The molecule has 0 aromatic heterocycles. The zero-order valence-electron chi connectivity index (χ0n) is 11.2. The Labute approximate surface area is 126 Å². The van der Waals surface area contributed by atoms with Crippen LogP contribution in [-0.2, 0) is 4.79 Å². The number of halogens is 1. The lowest BCUT2D eigenvalue weighted by molar-refractivity contribution is -0.114. The second kappa shape index (κ2) is 6.28. The molecule has 21 heavy (non-hydrogen) atoms. The Morgan fingerprint density at radius 3 is 2.33 bits per heavy atom. The van der Waals surface area contributed by atoms with E-state index in [1.54, 1.807) is 24.3 Å². The number of nitrogens with one attached hydrogen (secondary N) is 2. The predicted octanol–water partition coefficient (Wildman–Crippen LogP) is 3.26. The first-order valence-corrected chi connectivity index (χ1v) is 6.51.